The summed E-state index contributed by atoms with van der Waals surface area (Å²) in [6, 6.07) is 12.3. The Bertz CT molecular complexity index is 571. The molecule has 3 nitrogen and oxygen atoms in total. The number of hydrogen-bond donors (Lipinski definition) is 1. The number of thiophene rings is 1. The SMILES string of the molecule is CC(Nc1cccc(OCCN(C)C)c1)c1ccc(Cl)s1. The molecule has 2 aromatic rings. The van der Waals surface area contributed by atoms with Crippen LogP contribution in [0.2, 0.25) is 4.34 Å². The maximum Gasteiger partial charge on any atom is 0.121 e. The average Bonchev–Trinajstić information content (AvgIpc) is 2.85. The van der Waals surface area contributed by atoms with Gasteiger partial charge in [-0.05, 0) is 45.3 Å². The number of benzene rings is 1. The Hall–Kier alpha value is -1.23. The van der Waals surface area contributed by atoms with Crippen LogP contribution in [-0.2, 0) is 0 Å². The second-order valence-electron chi connectivity index (χ2n) is 5.19. The van der Waals surface area contributed by atoms with Gasteiger partial charge in [-0.2, -0.15) is 0 Å². The van der Waals surface area contributed by atoms with Crippen LogP contribution in [0, 0.1) is 0 Å². The molecule has 114 valence electrons. The highest BCUT2D eigenvalue weighted by Crippen LogP contribution is 2.29. The van der Waals surface area contributed by atoms with Crippen molar-refractivity contribution in [3.63, 3.8) is 0 Å². The van der Waals surface area contributed by atoms with Gasteiger partial charge in [-0.25, -0.2) is 0 Å². The van der Waals surface area contributed by atoms with Gasteiger partial charge in [0.25, 0.3) is 0 Å². The fourth-order valence-corrected chi connectivity index (χ4v) is 2.97. The molecule has 1 N–H and O–H groups in total. The van der Waals surface area contributed by atoms with Crippen LogP contribution >= 0.6 is 22.9 Å². The molecule has 21 heavy (non-hydrogen) atoms. The van der Waals surface area contributed by atoms with Gasteiger partial charge in [0.1, 0.15) is 12.4 Å². The van der Waals surface area contributed by atoms with Crippen molar-refractivity contribution in [3.05, 3.63) is 45.6 Å². The molecule has 1 heterocycles. The van der Waals surface area contributed by atoms with Crippen molar-refractivity contribution in [2.24, 2.45) is 0 Å². The van der Waals surface area contributed by atoms with E-state index in [1.54, 1.807) is 11.3 Å². The number of nitrogens with zero attached hydrogens (tertiary/aromatic N) is 1. The number of anilines is 1. The van der Waals surface area contributed by atoms with Gasteiger partial charge in [-0.1, -0.05) is 17.7 Å². The largest absolute Gasteiger partial charge is 0.492 e. The summed E-state index contributed by atoms with van der Waals surface area (Å²) in [6.07, 6.45) is 0. The van der Waals surface area contributed by atoms with Crippen molar-refractivity contribution < 1.29 is 4.74 Å². The number of rotatable bonds is 7. The minimum Gasteiger partial charge on any atom is -0.492 e. The van der Waals surface area contributed by atoms with Crippen molar-refractivity contribution in [2.75, 3.05) is 32.6 Å². The molecule has 1 aromatic heterocycles. The van der Waals surface area contributed by atoms with Crippen molar-refractivity contribution in [2.45, 2.75) is 13.0 Å². The van der Waals surface area contributed by atoms with Gasteiger partial charge in [0.2, 0.25) is 0 Å². The molecule has 2 rings (SSSR count). The molecule has 1 aromatic carbocycles. The summed E-state index contributed by atoms with van der Waals surface area (Å²) in [5, 5.41) is 3.47. The molecular formula is C16H21ClN2OS. The van der Waals surface area contributed by atoms with Gasteiger partial charge in [0.15, 0.2) is 0 Å². The maximum absolute atomic E-state index is 5.98. The fraction of sp³-hybridized carbons (Fsp3) is 0.375. The lowest BCUT2D eigenvalue weighted by Gasteiger charge is -2.15. The zero-order valence-electron chi connectivity index (χ0n) is 12.6. The molecule has 5 heteroatoms. The molecular weight excluding hydrogens is 304 g/mol. The van der Waals surface area contributed by atoms with Crippen LogP contribution in [0.5, 0.6) is 5.75 Å². The molecule has 0 radical (unpaired) electrons. The first-order valence-electron chi connectivity index (χ1n) is 6.94. The second-order valence-corrected chi connectivity index (χ2v) is 6.93. The third-order valence-electron chi connectivity index (χ3n) is 3.05. The molecule has 0 aliphatic heterocycles. The Morgan fingerprint density at radius 3 is 2.76 bits per heavy atom. The van der Waals surface area contributed by atoms with Crippen LogP contribution in [0.4, 0.5) is 5.69 Å². The first kappa shape index (κ1) is 16.1. The molecule has 0 saturated carbocycles. The zero-order chi connectivity index (χ0) is 15.2. The van der Waals surface area contributed by atoms with E-state index >= 15 is 0 Å². The summed E-state index contributed by atoms with van der Waals surface area (Å²) in [4.78, 5) is 3.32. The van der Waals surface area contributed by atoms with Crippen LogP contribution in [0.15, 0.2) is 36.4 Å². The quantitative estimate of drug-likeness (QED) is 0.810. The van der Waals surface area contributed by atoms with Crippen LogP contribution < -0.4 is 10.1 Å². The van der Waals surface area contributed by atoms with E-state index in [-0.39, 0.29) is 6.04 Å². The molecule has 0 saturated heterocycles. The van der Waals surface area contributed by atoms with Crippen LogP contribution in [-0.4, -0.2) is 32.1 Å². The van der Waals surface area contributed by atoms with Gasteiger partial charge in [-0.3, -0.25) is 0 Å². The summed E-state index contributed by atoms with van der Waals surface area (Å²) in [7, 11) is 4.07. The number of halogens is 1. The highest BCUT2D eigenvalue weighted by molar-refractivity contribution is 7.16. The Kier molecular flexibility index (Phi) is 5.91. The maximum atomic E-state index is 5.98. The fourth-order valence-electron chi connectivity index (χ4n) is 1.90. The number of hydrogen-bond acceptors (Lipinski definition) is 4. The Balaban J connectivity index is 1.94. The average molecular weight is 325 g/mol. The van der Waals surface area contributed by atoms with Crippen molar-refractivity contribution in [3.8, 4) is 5.75 Å². The number of nitrogens with one attached hydrogen (secondary N) is 1. The van der Waals surface area contributed by atoms with E-state index in [0.29, 0.717) is 6.61 Å². The highest BCUT2D eigenvalue weighted by Gasteiger charge is 2.08. The van der Waals surface area contributed by atoms with Gasteiger partial charge < -0.3 is 15.0 Å². The predicted octanol–water partition coefficient (Wildman–Crippen LogP) is 4.52. The van der Waals surface area contributed by atoms with E-state index in [1.165, 1.54) is 4.88 Å². The van der Waals surface area contributed by atoms with E-state index < -0.39 is 0 Å². The molecule has 1 atom stereocenters. The lowest BCUT2D eigenvalue weighted by Crippen LogP contribution is -2.19. The van der Waals surface area contributed by atoms with Gasteiger partial charge in [0.05, 0.1) is 10.4 Å². The third kappa shape index (κ3) is 5.23. The van der Waals surface area contributed by atoms with Gasteiger partial charge in [0, 0.05) is 23.2 Å². The van der Waals surface area contributed by atoms with Gasteiger partial charge >= 0.3 is 0 Å². The smallest absolute Gasteiger partial charge is 0.121 e. The van der Waals surface area contributed by atoms with E-state index in [2.05, 4.69) is 23.2 Å². The molecule has 0 amide bonds. The third-order valence-corrected chi connectivity index (χ3v) is 4.46. The summed E-state index contributed by atoms with van der Waals surface area (Å²) in [5.41, 5.74) is 1.05. The highest BCUT2D eigenvalue weighted by atomic mass is 35.5. The van der Waals surface area contributed by atoms with Crippen LogP contribution in [0.3, 0.4) is 0 Å². The van der Waals surface area contributed by atoms with Crippen molar-refractivity contribution >= 4 is 28.6 Å². The van der Waals surface area contributed by atoms with E-state index in [9.17, 15) is 0 Å². The summed E-state index contributed by atoms with van der Waals surface area (Å²) in [5.74, 6) is 0.887. The molecule has 1 unspecified atom stereocenters. The number of likely N-dealkylation sites (N-methyl/N-ethyl adjacent to an activating group) is 1. The molecule has 0 aliphatic carbocycles. The minimum absolute atomic E-state index is 0.222. The lowest BCUT2D eigenvalue weighted by molar-refractivity contribution is 0.261. The number of ether oxygens (including phenoxy) is 1. The van der Waals surface area contributed by atoms with Crippen molar-refractivity contribution in [1.82, 2.24) is 4.90 Å². The van der Waals surface area contributed by atoms with Crippen LogP contribution in [0.25, 0.3) is 0 Å². The van der Waals surface area contributed by atoms with E-state index in [4.69, 9.17) is 16.3 Å². The van der Waals surface area contributed by atoms with Crippen molar-refractivity contribution in [1.29, 1.82) is 0 Å². The Morgan fingerprint density at radius 2 is 2.10 bits per heavy atom. The van der Waals surface area contributed by atoms with E-state index in [0.717, 1.165) is 22.3 Å². The van der Waals surface area contributed by atoms with Crippen LogP contribution in [0.1, 0.15) is 17.8 Å². The molecule has 0 bridgehead atoms. The van der Waals surface area contributed by atoms with Gasteiger partial charge in [-0.15, -0.1) is 11.3 Å². The first-order valence-corrected chi connectivity index (χ1v) is 8.13. The lowest BCUT2D eigenvalue weighted by atomic mass is 10.2. The molecule has 0 aliphatic rings. The molecule has 0 spiro atoms. The molecule has 0 fully saturated rings. The normalized spacial score (nSPS) is 12.4. The Labute approximate surface area is 135 Å². The second kappa shape index (κ2) is 7.69. The summed E-state index contributed by atoms with van der Waals surface area (Å²) in [6.45, 7) is 3.72. The monoisotopic (exact) mass is 324 g/mol. The summed E-state index contributed by atoms with van der Waals surface area (Å²) >= 11 is 7.58. The minimum atomic E-state index is 0.222. The topological polar surface area (TPSA) is 24.5 Å². The first-order chi connectivity index (χ1) is 10.0. The Morgan fingerprint density at radius 1 is 1.29 bits per heavy atom. The van der Waals surface area contributed by atoms with E-state index in [1.807, 2.05) is 44.4 Å². The predicted molar refractivity (Wildman–Crippen MR) is 91.9 cm³/mol. The standard InChI is InChI=1S/C16H21ClN2OS/c1-12(15-7-8-16(17)21-15)18-13-5-4-6-14(11-13)20-10-9-19(2)3/h4-8,11-12,18H,9-10H2,1-3H3. The zero-order valence-corrected chi connectivity index (χ0v) is 14.2. The summed E-state index contributed by atoms with van der Waals surface area (Å²) < 4.78 is 6.57.